The van der Waals surface area contributed by atoms with Crippen molar-refractivity contribution in [1.82, 2.24) is 4.98 Å². The molecule has 1 rings (SSSR count). The first-order valence-corrected chi connectivity index (χ1v) is 2.36. The van der Waals surface area contributed by atoms with Crippen molar-refractivity contribution in [3.63, 3.8) is 0 Å². The summed E-state index contributed by atoms with van der Waals surface area (Å²) in [5.41, 5.74) is 0. The third-order valence-corrected chi connectivity index (χ3v) is 0.860. The molecule has 3 nitrogen and oxygen atoms in total. The molecule has 0 amide bonds. The lowest BCUT2D eigenvalue weighted by molar-refractivity contribution is 0.556. The largest absolute Gasteiger partial charge is 0.428 e. The molecule has 0 aliphatic heterocycles. The van der Waals surface area contributed by atoms with Gasteiger partial charge in [0.15, 0.2) is 6.39 Å². The minimum absolute atomic E-state index is 0.782. The molecule has 0 saturated carbocycles. The van der Waals surface area contributed by atoms with E-state index in [1.165, 1.54) is 6.39 Å². The molecule has 44 valence electrons. The summed E-state index contributed by atoms with van der Waals surface area (Å²) in [5.74, 6) is 0.782. The van der Waals surface area contributed by atoms with Crippen LogP contribution < -0.4 is 4.90 Å². The number of rotatable bonds is 1. The summed E-state index contributed by atoms with van der Waals surface area (Å²) in [6.45, 7) is 0. The van der Waals surface area contributed by atoms with Gasteiger partial charge in [0, 0.05) is 14.1 Å². The molecule has 1 heterocycles. The van der Waals surface area contributed by atoms with Crippen LogP contribution in [0.15, 0.2) is 17.0 Å². The molecule has 1 aromatic rings. The standard InChI is InChI=1S/C5H8N2O/c1-7(2)5-3-6-4-8-5/h3-4H,1-2H3. The lowest BCUT2D eigenvalue weighted by atomic mass is 10.7. The van der Waals surface area contributed by atoms with Crippen LogP contribution in [0.5, 0.6) is 0 Å². The summed E-state index contributed by atoms with van der Waals surface area (Å²) in [4.78, 5) is 5.59. The average Bonchev–Trinajstić information content (AvgIpc) is 2.12. The molecule has 0 N–H and O–H groups in total. The third-order valence-electron chi connectivity index (χ3n) is 0.860. The fourth-order valence-electron chi connectivity index (χ4n) is 0.430. The second-order valence-corrected chi connectivity index (χ2v) is 1.73. The number of aromatic nitrogens is 1. The van der Waals surface area contributed by atoms with E-state index in [0.29, 0.717) is 0 Å². The van der Waals surface area contributed by atoms with Gasteiger partial charge in [-0.05, 0) is 0 Å². The number of oxazole rings is 1. The predicted molar refractivity (Wildman–Crippen MR) is 30.8 cm³/mol. The predicted octanol–water partition coefficient (Wildman–Crippen LogP) is 0.741. The normalized spacial score (nSPS) is 9.25. The van der Waals surface area contributed by atoms with Gasteiger partial charge in [0.05, 0.1) is 6.20 Å². The Kier molecular flexibility index (Phi) is 1.20. The van der Waals surface area contributed by atoms with Crippen LogP contribution in [0.4, 0.5) is 5.88 Å². The molecule has 0 aliphatic carbocycles. The molecule has 0 spiro atoms. The summed E-state index contributed by atoms with van der Waals surface area (Å²) < 4.78 is 4.91. The fourth-order valence-corrected chi connectivity index (χ4v) is 0.430. The Balaban J connectivity index is 2.77. The Bertz CT molecular complexity index is 145. The van der Waals surface area contributed by atoms with Crippen molar-refractivity contribution < 1.29 is 4.42 Å². The molecule has 0 aromatic carbocycles. The second kappa shape index (κ2) is 1.86. The van der Waals surface area contributed by atoms with Gasteiger partial charge >= 0.3 is 0 Å². The van der Waals surface area contributed by atoms with Crippen molar-refractivity contribution >= 4 is 5.88 Å². The zero-order chi connectivity index (χ0) is 5.98. The molecule has 3 heteroatoms. The Morgan fingerprint density at radius 1 is 1.62 bits per heavy atom. The SMILES string of the molecule is CN(C)c1cnco1. The van der Waals surface area contributed by atoms with Crippen molar-refractivity contribution in [1.29, 1.82) is 0 Å². The van der Waals surface area contributed by atoms with E-state index in [1.807, 2.05) is 19.0 Å². The molecular formula is C5H8N2O. The highest BCUT2D eigenvalue weighted by atomic mass is 16.4. The van der Waals surface area contributed by atoms with E-state index in [-0.39, 0.29) is 0 Å². The van der Waals surface area contributed by atoms with E-state index in [0.717, 1.165) is 5.88 Å². The van der Waals surface area contributed by atoms with Crippen LogP contribution in [0, 0.1) is 0 Å². The minimum atomic E-state index is 0.782. The molecule has 1 aromatic heterocycles. The molecule has 0 saturated heterocycles. The van der Waals surface area contributed by atoms with Crippen molar-refractivity contribution in [3.05, 3.63) is 12.6 Å². The van der Waals surface area contributed by atoms with Crippen LogP contribution in [0.25, 0.3) is 0 Å². The average molecular weight is 112 g/mol. The van der Waals surface area contributed by atoms with Gasteiger partial charge in [-0.15, -0.1) is 0 Å². The first kappa shape index (κ1) is 5.15. The van der Waals surface area contributed by atoms with Gasteiger partial charge in [0.25, 0.3) is 0 Å². The van der Waals surface area contributed by atoms with Crippen molar-refractivity contribution in [2.75, 3.05) is 19.0 Å². The number of hydrogen-bond acceptors (Lipinski definition) is 3. The Labute approximate surface area is 47.9 Å². The van der Waals surface area contributed by atoms with E-state index < -0.39 is 0 Å². The lowest BCUT2D eigenvalue weighted by Gasteiger charge is -2.03. The lowest BCUT2D eigenvalue weighted by Crippen LogP contribution is -2.06. The first-order valence-electron chi connectivity index (χ1n) is 2.36. The molecule has 8 heavy (non-hydrogen) atoms. The van der Waals surface area contributed by atoms with Gasteiger partial charge in [-0.1, -0.05) is 0 Å². The third kappa shape index (κ3) is 0.804. The van der Waals surface area contributed by atoms with Crippen LogP contribution >= 0.6 is 0 Å². The molecule has 0 radical (unpaired) electrons. The quantitative estimate of drug-likeness (QED) is 0.536. The summed E-state index contributed by atoms with van der Waals surface area (Å²) in [7, 11) is 3.81. The first-order chi connectivity index (χ1) is 3.80. The van der Waals surface area contributed by atoms with Crippen LogP contribution in [-0.4, -0.2) is 19.1 Å². The van der Waals surface area contributed by atoms with E-state index in [9.17, 15) is 0 Å². The Morgan fingerprint density at radius 3 is 2.62 bits per heavy atom. The fraction of sp³-hybridized carbons (Fsp3) is 0.400. The van der Waals surface area contributed by atoms with Gasteiger partial charge in [0.1, 0.15) is 0 Å². The Morgan fingerprint density at radius 2 is 2.38 bits per heavy atom. The summed E-state index contributed by atoms with van der Waals surface area (Å²) in [5, 5.41) is 0. The number of hydrogen-bond donors (Lipinski definition) is 0. The second-order valence-electron chi connectivity index (χ2n) is 1.73. The summed E-state index contributed by atoms with van der Waals surface area (Å²) in [6, 6.07) is 0. The smallest absolute Gasteiger partial charge is 0.215 e. The molecule has 0 aliphatic rings. The summed E-state index contributed by atoms with van der Waals surface area (Å²) >= 11 is 0. The number of nitrogens with zero attached hydrogens (tertiary/aromatic N) is 2. The highest BCUT2D eigenvalue weighted by Gasteiger charge is 1.93. The zero-order valence-corrected chi connectivity index (χ0v) is 4.96. The van der Waals surface area contributed by atoms with E-state index >= 15 is 0 Å². The van der Waals surface area contributed by atoms with Gasteiger partial charge in [-0.25, -0.2) is 4.98 Å². The van der Waals surface area contributed by atoms with Crippen LogP contribution in [0.2, 0.25) is 0 Å². The maximum Gasteiger partial charge on any atom is 0.215 e. The van der Waals surface area contributed by atoms with Gasteiger partial charge in [-0.3, -0.25) is 0 Å². The van der Waals surface area contributed by atoms with Gasteiger partial charge in [0.2, 0.25) is 5.88 Å². The topological polar surface area (TPSA) is 29.3 Å². The molecule has 0 atom stereocenters. The maximum absolute atomic E-state index is 4.91. The van der Waals surface area contributed by atoms with Gasteiger partial charge in [-0.2, -0.15) is 0 Å². The Hall–Kier alpha value is -0.990. The van der Waals surface area contributed by atoms with Crippen LogP contribution in [0.3, 0.4) is 0 Å². The van der Waals surface area contributed by atoms with E-state index in [1.54, 1.807) is 6.20 Å². The highest BCUT2D eigenvalue weighted by Crippen LogP contribution is 2.05. The molecule has 0 bridgehead atoms. The zero-order valence-electron chi connectivity index (χ0n) is 4.96. The maximum atomic E-state index is 4.91. The molecule has 0 fully saturated rings. The monoisotopic (exact) mass is 112 g/mol. The molecule has 0 unspecified atom stereocenters. The van der Waals surface area contributed by atoms with Gasteiger partial charge < -0.3 is 9.32 Å². The van der Waals surface area contributed by atoms with Crippen molar-refractivity contribution in [3.8, 4) is 0 Å². The van der Waals surface area contributed by atoms with Crippen LogP contribution in [0.1, 0.15) is 0 Å². The van der Waals surface area contributed by atoms with Crippen molar-refractivity contribution in [2.24, 2.45) is 0 Å². The minimum Gasteiger partial charge on any atom is -0.428 e. The molecular weight excluding hydrogens is 104 g/mol. The van der Waals surface area contributed by atoms with Crippen molar-refractivity contribution in [2.45, 2.75) is 0 Å². The summed E-state index contributed by atoms with van der Waals surface area (Å²) in [6.07, 6.45) is 3.08. The van der Waals surface area contributed by atoms with Crippen LogP contribution in [-0.2, 0) is 0 Å². The number of anilines is 1. The van der Waals surface area contributed by atoms with E-state index in [4.69, 9.17) is 4.42 Å². The van der Waals surface area contributed by atoms with E-state index in [2.05, 4.69) is 4.98 Å². The highest BCUT2D eigenvalue weighted by molar-refractivity contribution is 5.27.